The van der Waals surface area contributed by atoms with Crippen LogP contribution in [0.4, 0.5) is 0 Å². The van der Waals surface area contributed by atoms with Crippen molar-refractivity contribution in [2.45, 2.75) is 432 Å². The minimum Gasteiger partial charge on any atom is -0.252 e. The Morgan fingerprint density at radius 1 is 0.211 bits per heavy atom. The van der Waals surface area contributed by atoms with E-state index < -0.39 is 0 Å². The molecule has 0 fully saturated rings. The van der Waals surface area contributed by atoms with Crippen LogP contribution in [0.2, 0.25) is 0 Å². The highest BCUT2D eigenvalue weighted by molar-refractivity contribution is 4.98. The molecule has 656 valence electrons. The molecule has 7 rings (SSSR count). The highest BCUT2D eigenvalue weighted by atomic mass is 15.5. The number of aromatic nitrogens is 21. The first-order valence-electron chi connectivity index (χ1n) is 46.3. The van der Waals surface area contributed by atoms with Gasteiger partial charge in [-0.25, -0.2) is 18.7 Å². The van der Waals surface area contributed by atoms with E-state index in [0.717, 1.165) is 173 Å². The lowest BCUT2D eigenvalue weighted by Crippen LogP contribution is -2.10. The molecule has 21 nitrogen and oxygen atoms in total. The summed E-state index contributed by atoms with van der Waals surface area (Å²) in [6.07, 6.45) is 50.7. The summed E-state index contributed by atoms with van der Waals surface area (Å²) in [5, 5.41) is 57.7. The first-order valence-corrected chi connectivity index (χ1v) is 46.3. The second-order valence-corrected chi connectivity index (χ2v) is 38.8. The second-order valence-electron chi connectivity index (χ2n) is 38.8. The molecule has 7 aromatic heterocycles. The van der Waals surface area contributed by atoms with E-state index in [2.05, 4.69) is 303 Å². The van der Waals surface area contributed by atoms with E-state index in [-0.39, 0.29) is 0 Å². The highest BCUT2D eigenvalue weighted by Crippen LogP contribution is 2.18. The second kappa shape index (κ2) is 65.0. The van der Waals surface area contributed by atoms with Crippen LogP contribution >= 0.6 is 0 Å². The van der Waals surface area contributed by atoms with Crippen molar-refractivity contribution < 1.29 is 0 Å². The summed E-state index contributed by atoms with van der Waals surface area (Å²) in [6, 6.07) is 0. The lowest BCUT2D eigenvalue weighted by molar-refractivity contribution is 0.452. The smallest absolute Gasteiger partial charge is 0.0829 e. The quantitative estimate of drug-likeness (QED) is 0.0324. The topological polar surface area (TPSA) is 215 Å². The highest BCUT2D eigenvalue weighted by Gasteiger charge is 2.12. The predicted octanol–water partition coefficient (Wildman–Crippen LogP) is 23.9. The molecular weight excluding hydrogens is 1410 g/mol. The molecule has 0 bridgehead atoms. The van der Waals surface area contributed by atoms with Crippen molar-refractivity contribution in [1.29, 1.82) is 0 Å². The van der Waals surface area contributed by atoms with E-state index >= 15 is 0 Å². The molecule has 114 heavy (non-hydrogen) atoms. The zero-order valence-corrected chi connectivity index (χ0v) is 79.2. The summed E-state index contributed by atoms with van der Waals surface area (Å²) in [5.74, 6) is 10.5. The SMILES string of the molecule is CC(C)CCCCc1cn(CC(C)C)nn1.CC(C)CCCCc1cnnn1CC(C)C.CC(C)CCCCc1cnnn1CCC(C)C.CC(C)CCCCc1cnnn1CCCC(C)C.CC(C)CCCc1cn(CCC(C)C)nn1.CC(C)CCCc1cnnn1CCC(C)C.CC(C)CCCn1cc(CC(C)C)nn1. The van der Waals surface area contributed by atoms with Crippen molar-refractivity contribution in [3.8, 4) is 0 Å². The molecule has 0 saturated heterocycles. The van der Waals surface area contributed by atoms with E-state index in [1.165, 1.54) is 170 Å². The number of rotatable bonds is 51. The van der Waals surface area contributed by atoms with Crippen molar-refractivity contribution in [2.24, 2.45) is 82.9 Å². The van der Waals surface area contributed by atoms with Crippen LogP contribution in [-0.4, -0.2) is 105 Å². The fourth-order valence-electron chi connectivity index (χ4n) is 12.7. The normalized spacial score (nSPS) is 11.6. The fourth-order valence-corrected chi connectivity index (χ4v) is 12.7. The Hall–Kier alpha value is -6.02. The Kier molecular flexibility index (Phi) is 60.4. The van der Waals surface area contributed by atoms with Crippen molar-refractivity contribution >= 4 is 0 Å². The van der Waals surface area contributed by atoms with Crippen LogP contribution in [0.5, 0.6) is 0 Å². The van der Waals surface area contributed by atoms with Crippen molar-refractivity contribution in [1.82, 2.24) is 105 Å². The van der Waals surface area contributed by atoms with E-state index in [0.29, 0.717) is 17.8 Å². The van der Waals surface area contributed by atoms with Gasteiger partial charge in [-0.05, 0) is 211 Å². The molecule has 0 unspecified atom stereocenters. The maximum atomic E-state index is 4.20. The van der Waals surface area contributed by atoms with Crippen molar-refractivity contribution in [2.75, 3.05) is 0 Å². The van der Waals surface area contributed by atoms with Gasteiger partial charge in [0.15, 0.2) is 0 Å². The van der Waals surface area contributed by atoms with Gasteiger partial charge in [-0.2, -0.15) is 0 Å². The Morgan fingerprint density at radius 2 is 0.482 bits per heavy atom. The zero-order chi connectivity index (χ0) is 85.2. The molecule has 0 radical (unpaired) electrons. The average molecular weight is 1590 g/mol. The van der Waals surface area contributed by atoms with Crippen LogP contribution in [0, 0.1) is 82.9 Å². The molecule has 0 spiro atoms. The molecule has 0 aliphatic carbocycles. The summed E-state index contributed by atoms with van der Waals surface area (Å²) in [6.45, 7) is 70.1. The van der Waals surface area contributed by atoms with Crippen LogP contribution in [0.1, 0.15) is 381 Å². The van der Waals surface area contributed by atoms with Gasteiger partial charge in [0.1, 0.15) is 0 Å². The van der Waals surface area contributed by atoms with Crippen LogP contribution in [-0.2, 0) is 90.8 Å². The molecule has 0 saturated carbocycles. The average Bonchev–Trinajstić information content (AvgIpc) is 1.89. The van der Waals surface area contributed by atoms with Gasteiger partial charge >= 0.3 is 0 Å². The summed E-state index contributed by atoms with van der Waals surface area (Å²) >= 11 is 0. The van der Waals surface area contributed by atoms with Gasteiger partial charge in [0.25, 0.3) is 0 Å². The van der Waals surface area contributed by atoms with Gasteiger partial charge < -0.3 is 0 Å². The molecule has 0 aliphatic heterocycles. The Morgan fingerprint density at radius 3 is 0.868 bits per heavy atom. The van der Waals surface area contributed by atoms with Gasteiger partial charge in [0, 0.05) is 64.4 Å². The predicted molar refractivity (Wildman–Crippen MR) is 480 cm³/mol. The third kappa shape index (κ3) is 59.6. The third-order valence-corrected chi connectivity index (χ3v) is 19.6. The molecule has 0 N–H and O–H groups in total. The molecule has 0 atom stereocenters. The van der Waals surface area contributed by atoms with Crippen LogP contribution in [0.25, 0.3) is 0 Å². The minimum absolute atomic E-state index is 0.635. The first-order chi connectivity index (χ1) is 54.1. The summed E-state index contributed by atoms with van der Waals surface area (Å²) in [5.41, 5.74) is 8.60. The molecule has 7 aromatic rings. The summed E-state index contributed by atoms with van der Waals surface area (Å²) < 4.78 is 14.2. The van der Waals surface area contributed by atoms with E-state index in [1.807, 2.05) is 38.8 Å². The number of aryl methyl sites for hydroxylation is 11. The van der Waals surface area contributed by atoms with Gasteiger partial charge in [-0.15, -0.1) is 35.7 Å². The summed E-state index contributed by atoms with van der Waals surface area (Å²) in [4.78, 5) is 0. The van der Waals surface area contributed by atoms with Gasteiger partial charge in [-0.3, -0.25) is 14.0 Å². The van der Waals surface area contributed by atoms with Crippen molar-refractivity contribution in [3.63, 3.8) is 0 Å². The maximum absolute atomic E-state index is 4.20. The summed E-state index contributed by atoms with van der Waals surface area (Å²) in [7, 11) is 0. The van der Waals surface area contributed by atoms with E-state index in [4.69, 9.17) is 0 Å². The lowest BCUT2D eigenvalue weighted by atomic mass is 10.0. The maximum Gasteiger partial charge on any atom is 0.0829 e. The van der Waals surface area contributed by atoms with Gasteiger partial charge in [0.2, 0.25) is 0 Å². The Balaban J connectivity index is 0.000000665. The largest absolute Gasteiger partial charge is 0.252 e. The van der Waals surface area contributed by atoms with E-state index in [1.54, 1.807) is 0 Å². The third-order valence-electron chi connectivity index (χ3n) is 19.6. The minimum atomic E-state index is 0.635. The number of hydrogen-bond acceptors (Lipinski definition) is 14. The molecule has 0 aromatic carbocycles. The first kappa shape index (κ1) is 106. The van der Waals surface area contributed by atoms with Crippen molar-refractivity contribution in [3.05, 3.63) is 83.2 Å². The van der Waals surface area contributed by atoms with Crippen LogP contribution in [0.3, 0.4) is 0 Å². The molecule has 0 amide bonds. The Labute approximate surface area is 699 Å². The number of nitrogens with zero attached hydrogens (tertiary/aromatic N) is 21. The van der Waals surface area contributed by atoms with Gasteiger partial charge in [0.05, 0.1) is 64.6 Å². The standard InChI is InChI=1S/C15H29N3.C14H27N3.4C13H25N3.C12H23N3/c1-13(2)8-5-6-10-15-12-16-17-18(15)11-7-9-14(3)4;1-12(2)7-5-6-8-14-11-15-16-17(14)10-9-13(3)4;1-11(2)6-5-7-13-10-16(15-14-13)9-8-12(3)4;1-11(2)6-5-7-13-10-14-15-16(13)9-8-12(3)4;1-11(2)7-5-6-8-13-9-14-15-16(13)10-12(3)4;1-11(2)7-5-6-8-13-10-16(15-14-13)9-12(3)4;1-10(2)6-5-7-15-9-12(13-14-15)8-11(3)4/h12-14H,5-11H2,1-4H3;11-13H,5-10H2,1-4H3;2*10-12H,5-9H2,1-4H3;9,11-12H,5-8,10H2,1-4H3;10-12H,5-9H2,1-4H3;9-11H,5-8H2,1-4H3. The molecule has 0 aliphatic rings. The monoisotopic (exact) mass is 1590 g/mol. The zero-order valence-electron chi connectivity index (χ0n) is 79.2. The number of hydrogen-bond donors (Lipinski definition) is 0. The fraction of sp³-hybridized carbons (Fsp3) is 0.849. The van der Waals surface area contributed by atoms with Crippen LogP contribution in [0.15, 0.2) is 43.4 Å². The Bertz CT molecular complexity index is 3250. The molecule has 21 heteroatoms. The van der Waals surface area contributed by atoms with Gasteiger partial charge in [-0.1, -0.05) is 295 Å². The molecular formula is C93H179N21. The lowest BCUT2D eigenvalue weighted by Gasteiger charge is -2.08. The molecule has 7 heterocycles. The van der Waals surface area contributed by atoms with E-state index in [9.17, 15) is 0 Å². The number of unbranched alkanes of at least 4 members (excludes halogenated alkanes) is 4. The van der Waals surface area contributed by atoms with Crippen LogP contribution < -0.4 is 0 Å².